The van der Waals surface area contributed by atoms with Gasteiger partial charge in [-0.15, -0.1) is 13.2 Å². The molecule has 0 saturated heterocycles. The quantitative estimate of drug-likeness (QED) is 0.854. The third kappa shape index (κ3) is 7.19. The lowest BCUT2D eigenvalue weighted by Crippen LogP contribution is -2.17. The van der Waals surface area contributed by atoms with Gasteiger partial charge in [0.2, 0.25) is 0 Å². The normalized spacial score (nSPS) is 10.6. The Bertz CT molecular complexity index is 428. The SMILES string of the molecule is C=C(CCCN)c1cc(C)cc(OC(F)(F)F)c1.CC. The topological polar surface area (TPSA) is 35.2 Å². The summed E-state index contributed by atoms with van der Waals surface area (Å²) < 4.78 is 40.4. The van der Waals surface area contributed by atoms with Crippen molar-refractivity contribution in [2.45, 2.75) is 40.0 Å². The smallest absolute Gasteiger partial charge is 0.406 e. The summed E-state index contributed by atoms with van der Waals surface area (Å²) in [7, 11) is 0. The van der Waals surface area contributed by atoms with E-state index in [-0.39, 0.29) is 5.75 Å². The minimum absolute atomic E-state index is 0.216. The molecule has 0 radical (unpaired) electrons. The highest BCUT2D eigenvalue weighted by atomic mass is 19.4. The summed E-state index contributed by atoms with van der Waals surface area (Å²) in [4.78, 5) is 0. The van der Waals surface area contributed by atoms with Gasteiger partial charge in [0, 0.05) is 0 Å². The zero-order valence-electron chi connectivity index (χ0n) is 12.2. The minimum atomic E-state index is -4.68. The van der Waals surface area contributed by atoms with Crippen LogP contribution in [0, 0.1) is 6.92 Å². The summed E-state index contributed by atoms with van der Waals surface area (Å²) in [6.07, 6.45) is -3.27. The second-order valence-electron chi connectivity index (χ2n) is 4.08. The van der Waals surface area contributed by atoms with E-state index in [0.29, 0.717) is 24.1 Å². The van der Waals surface area contributed by atoms with Crippen molar-refractivity contribution in [3.8, 4) is 5.75 Å². The average Bonchev–Trinajstić information content (AvgIpc) is 2.35. The Hall–Kier alpha value is -1.49. The molecule has 114 valence electrons. The number of benzene rings is 1. The number of nitrogens with two attached hydrogens (primary N) is 1. The van der Waals surface area contributed by atoms with Gasteiger partial charge in [-0.25, -0.2) is 0 Å². The molecule has 0 unspecified atom stereocenters. The second-order valence-corrected chi connectivity index (χ2v) is 4.08. The number of aryl methyl sites for hydroxylation is 1. The van der Waals surface area contributed by atoms with Gasteiger partial charge in [-0.2, -0.15) is 0 Å². The van der Waals surface area contributed by atoms with E-state index in [1.165, 1.54) is 12.1 Å². The average molecular weight is 289 g/mol. The number of alkyl halides is 3. The van der Waals surface area contributed by atoms with Gasteiger partial charge in [-0.1, -0.05) is 26.5 Å². The van der Waals surface area contributed by atoms with Crippen LogP contribution in [0.3, 0.4) is 0 Å². The first-order chi connectivity index (χ1) is 9.31. The number of allylic oxidation sites excluding steroid dienone is 1. The second kappa shape index (κ2) is 8.64. The molecule has 0 aliphatic heterocycles. The maximum atomic E-state index is 12.1. The highest BCUT2D eigenvalue weighted by Crippen LogP contribution is 2.28. The molecule has 0 aliphatic carbocycles. The van der Waals surface area contributed by atoms with Crippen LogP contribution in [0.2, 0.25) is 0 Å². The van der Waals surface area contributed by atoms with E-state index in [4.69, 9.17) is 5.73 Å². The Labute approximate surface area is 118 Å². The van der Waals surface area contributed by atoms with Gasteiger partial charge in [0.25, 0.3) is 0 Å². The van der Waals surface area contributed by atoms with Gasteiger partial charge in [0.1, 0.15) is 5.75 Å². The van der Waals surface area contributed by atoms with E-state index in [0.717, 1.165) is 12.0 Å². The largest absolute Gasteiger partial charge is 0.573 e. The molecular weight excluding hydrogens is 267 g/mol. The van der Waals surface area contributed by atoms with Gasteiger partial charge in [-0.3, -0.25) is 0 Å². The van der Waals surface area contributed by atoms with Gasteiger partial charge in [0.15, 0.2) is 0 Å². The fourth-order valence-corrected chi connectivity index (χ4v) is 1.60. The van der Waals surface area contributed by atoms with Crippen LogP contribution in [0.15, 0.2) is 24.8 Å². The molecule has 0 heterocycles. The van der Waals surface area contributed by atoms with Crippen molar-refractivity contribution in [1.82, 2.24) is 0 Å². The molecule has 5 heteroatoms. The standard InChI is InChI=1S/C13H16F3NO.C2H6/c1-9-6-11(10(2)4-3-5-17)8-12(7-9)18-13(14,15)16;1-2/h6-8H,2-5,17H2,1H3;1-2H3. The van der Waals surface area contributed by atoms with Crippen LogP contribution in [0.4, 0.5) is 13.2 Å². The summed E-state index contributed by atoms with van der Waals surface area (Å²) in [5, 5.41) is 0. The molecule has 0 bridgehead atoms. The number of hydrogen-bond donors (Lipinski definition) is 1. The van der Waals surface area contributed by atoms with Crippen molar-refractivity contribution < 1.29 is 17.9 Å². The molecule has 0 aliphatic rings. The molecule has 0 spiro atoms. The summed E-state index contributed by atoms with van der Waals surface area (Å²) in [6.45, 7) is 10.1. The zero-order valence-corrected chi connectivity index (χ0v) is 12.2. The molecule has 2 nitrogen and oxygen atoms in total. The lowest BCUT2D eigenvalue weighted by molar-refractivity contribution is -0.274. The Balaban J connectivity index is 0.00000172. The molecule has 0 atom stereocenters. The monoisotopic (exact) mass is 289 g/mol. The fraction of sp³-hybridized carbons (Fsp3) is 0.467. The van der Waals surface area contributed by atoms with E-state index in [1.54, 1.807) is 13.0 Å². The van der Waals surface area contributed by atoms with E-state index < -0.39 is 6.36 Å². The lowest BCUT2D eigenvalue weighted by atomic mass is 10.0. The summed E-state index contributed by atoms with van der Waals surface area (Å²) in [5.74, 6) is -0.216. The number of ether oxygens (including phenoxy) is 1. The van der Waals surface area contributed by atoms with Crippen LogP contribution in [-0.2, 0) is 0 Å². The van der Waals surface area contributed by atoms with Crippen molar-refractivity contribution in [1.29, 1.82) is 0 Å². The van der Waals surface area contributed by atoms with Gasteiger partial charge >= 0.3 is 6.36 Å². The number of hydrogen-bond acceptors (Lipinski definition) is 2. The molecular formula is C15H22F3NO. The van der Waals surface area contributed by atoms with Crippen LogP contribution in [0.5, 0.6) is 5.75 Å². The Morgan fingerprint density at radius 2 is 1.85 bits per heavy atom. The van der Waals surface area contributed by atoms with Crippen LogP contribution in [0.1, 0.15) is 37.8 Å². The first-order valence-corrected chi connectivity index (χ1v) is 6.57. The number of rotatable bonds is 5. The zero-order chi connectivity index (χ0) is 15.8. The molecule has 2 N–H and O–H groups in total. The molecule has 0 saturated carbocycles. The van der Waals surface area contributed by atoms with Crippen molar-refractivity contribution in [2.24, 2.45) is 5.73 Å². The number of halogens is 3. The first kappa shape index (κ1) is 18.5. The van der Waals surface area contributed by atoms with Crippen molar-refractivity contribution >= 4 is 5.57 Å². The molecule has 0 amide bonds. The maximum Gasteiger partial charge on any atom is 0.573 e. The predicted molar refractivity (Wildman–Crippen MR) is 76.5 cm³/mol. The Morgan fingerprint density at radius 3 is 2.35 bits per heavy atom. The van der Waals surface area contributed by atoms with Crippen LogP contribution < -0.4 is 10.5 Å². The highest BCUT2D eigenvalue weighted by Gasteiger charge is 2.31. The summed E-state index contributed by atoms with van der Waals surface area (Å²) >= 11 is 0. The van der Waals surface area contributed by atoms with Crippen molar-refractivity contribution in [3.05, 3.63) is 35.9 Å². The molecule has 20 heavy (non-hydrogen) atoms. The molecule has 1 rings (SSSR count). The van der Waals surface area contributed by atoms with Gasteiger partial charge < -0.3 is 10.5 Å². The van der Waals surface area contributed by atoms with E-state index >= 15 is 0 Å². The predicted octanol–water partition coefficient (Wildman–Crippen LogP) is 4.67. The molecule has 0 aromatic heterocycles. The van der Waals surface area contributed by atoms with Crippen molar-refractivity contribution in [2.75, 3.05) is 6.54 Å². The summed E-state index contributed by atoms with van der Waals surface area (Å²) in [5.41, 5.74) is 7.49. The highest BCUT2D eigenvalue weighted by molar-refractivity contribution is 5.65. The van der Waals surface area contributed by atoms with Crippen LogP contribution >= 0.6 is 0 Å². The Morgan fingerprint density at radius 1 is 1.25 bits per heavy atom. The van der Waals surface area contributed by atoms with E-state index in [1.807, 2.05) is 13.8 Å². The third-order valence-corrected chi connectivity index (χ3v) is 2.38. The Kier molecular flexibility index (Phi) is 7.99. The fourth-order valence-electron chi connectivity index (χ4n) is 1.60. The van der Waals surface area contributed by atoms with E-state index in [9.17, 15) is 13.2 Å². The van der Waals surface area contributed by atoms with Gasteiger partial charge in [0.05, 0.1) is 0 Å². The van der Waals surface area contributed by atoms with E-state index in [2.05, 4.69) is 11.3 Å². The minimum Gasteiger partial charge on any atom is -0.406 e. The maximum absolute atomic E-state index is 12.1. The van der Waals surface area contributed by atoms with Crippen molar-refractivity contribution in [3.63, 3.8) is 0 Å². The van der Waals surface area contributed by atoms with Crippen LogP contribution in [-0.4, -0.2) is 12.9 Å². The molecule has 0 fully saturated rings. The summed E-state index contributed by atoms with van der Waals surface area (Å²) in [6, 6.07) is 4.47. The van der Waals surface area contributed by atoms with Gasteiger partial charge in [-0.05, 0) is 55.1 Å². The van der Waals surface area contributed by atoms with Crippen LogP contribution in [0.25, 0.3) is 5.57 Å². The molecule has 1 aromatic rings. The first-order valence-electron chi connectivity index (χ1n) is 6.57. The molecule has 1 aromatic carbocycles. The third-order valence-electron chi connectivity index (χ3n) is 2.38. The lowest BCUT2D eigenvalue weighted by Gasteiger charge is -2.12.